The molecule has 2 rings (SSSR count). The average molecular weight is 271 g/mol. The van der Waals surface area contributed by atoms with Crippen LogP contribution in [0, 0.1) is 0 Å². The smallest absolute Gasteiger partial charge is 0.407 e. The van der Waals surface area contributed by atoms with Gasteiger partial charge in [0, 0.05) is 32.2 Å². The highest BCUT2D eigenvalue weighted by molar-refractivity contribution is 6.29. The van der Waals surface area contributed by atoms with Gasteiger partial charge in [-0.25, -0.2) is 14.8 Å². The molecule has 0 unspecified atom stereocenters. The lowest BCUT2D eigenvalue weighted by Gasteiger charge is -2.36. The lowest BCUT2D eigenvalue weighted by Crippen LogP contribution is -2.45. The maximum absolute atomic E-state index is 10.9. The highest BCUT2D eigenvalue weighted by atomic mass is 35.5. The lowest BCUT2D eigenvalue weighted by atomic mass is 10.0. The molecule has 1 aromatic heterocycles. The van der Waals surface area contributed by atoms with Gasteiger partial charge in [-0.15, -0.1) is 0 Å². The Morgan fingerprint density at radius 3 is 2.72 bits per heavy atom. The molecule has 0 radical (unpaired) electrons. The van der Waals surface area contributed by atoms with Gasteiger partial charge in [-0.2, -0.15) is 0 Å². The van der Waals surface area contributed by atoms with Gasteiger partial charge in [-0.05, 0) is 12.8 Å². The van der Waals surface area contributed by atoms with E-state index in [1.165, 1.54) is 11.2 Å². The lowest BCUT2D eigenvalue weighted by molar-refractivity contribution is 0.131. The third kappa shape index (κ3) is 2.81. The summed E-state index contributed by atoms with van der Waals surface area (Å²) in [5, 5.41) is 9.35. The second-order valence-electron chi connectivity index (χ2n) is 4.31. The summed E-state index contributed by atoms with van der Waals surface area (Å²) in [4.78, 5) is 22.4. The Labute approximate surface area is 110 Å². The van der Waals surface area contributed by atoms with Gasteiger partial charge in [0.05, 0.1) is 0 Å². The summed E-state index contributed by atoms with van der Waals surface area (Å²) in [7, 11) is 1.62. The number of anilines is 1. The Bertz CT molecular complexity index is 435. The predicted molar refractivity (Wildman–Crippen MR) is 68.1 cm³/mol. The standard InChI is InChI=1S/C11H15ClN4O2/c1-15(11(17)18)8-2-4-16(5-3-8)10-6-9(12)13-7-14-10/h6-8H,2-5H2,1H3,(H,17,18). The number of hydrogen-bond donors (Lipinski definition) is 1. The van der Waals surface area contributed by atoms with Crippen molar-refractivity contribution < 1.29 is 9.90 Å². The minimum absolute atomic E-state index is 0.0797. The molecule has 1 N–H and O–H groups in total. The summed E-state index contributed by atoms with van der Waals surface area (Å²) in [6, 6.07) is 1.80. The van der Waals surface area contributed by atoms with E-state index in [2.05, 4.69) is 14.9 Å². The molecular formula is C11H15ClN4O2. The Morgan fingerprint density at radius 1 is 1.50 bits per heavy atom. The minimum Gasteiger partial charge on any atom is -0.465 e. The zero-order valence-corrected chi connectivity index (χ0v) is 10.8. The van der Waals surface area contributed by atoms with Crippen LogP contribution in [0.3, 0.4) is 0 Å². The first-order valence-corrected chi connectivity index (χ1v) is 6.14. The van der Waals surface area contributed by atoms with E-state index in [0.717, 1.165) is 31.7 Å². The van der Waals surface area contributed by atoms with E-state index in [-0.39, 0.29) is 6.04 Å². The Kier molecular flexibility index (Phi) is 3.86. The molecule has 1 aliphatic rings. The molecule has 18 heavy (non-hydrogen) atoms. The molecule has 7 heteroatoms. The third-order valence-electron chi connectivity index (χ3n) is 3.26. The van der Waals surface area contributed by atoms with Gasteiger partial charge in [-0.1, -0.05) is 11.6 Å². The van der Waals surface area contributed by atoms with E-state index in [0.29, 0.717) is 5.15 Å². The number of carboxylic acid groups (broad SMARTS) is 1. The van der Waals surface area contributed by atoms with E-state index < -0.39 is 6.09 Å². The molecule has 1 aliphatic heterocycles. The summed E-state index contributed by atoms with van der Waals surface area (Å²) < 4.78 is 0. The Hall–Kier alpha value is -1.56. The van der Waals surface area contributed by atoms with Crippen LogP contribution in [0.1, 0.15) is 12.8 Å². The fourth-order valence-electron chi connectivity index (χ4n) is 2.14. The molecule has 1 fully saturated rings. The van der Waals surface area contributed by atoms with Crippen molar-refractivity contribution in [3.8, 4) is 0 Å². The Balaban J connectivity index is 1.96. The second kappa shape index (κ2) is 5.39. The largest absolute Gasteiger partial charge is 0.465 e. The average Bonchev–Trinajstić information content (AvgIpc) is 2.38. The van der Waals surface area contributed by atoms with Gasteiger partial charge in [0.15, 0.2) is 0 Å². The summed E-state index contributed by atoms with van der Waals surface area (Å²) in [5.74, 6) is 0.798. The molecule has 1 amide bonds. The van der Waals surface area contributed by atoms with Crippen molar-refractivity contribution in [1.82, 2.24) is 14.9 Å². The van der Waals surface area contributed by atoms with Crippen LogP contribution < -0.4 is 4.90 Å². The zero-order chi connectivity index (χ0) is 13.1. The molecule has 2 heterocycles. The minimum atomic E-state index is -0.876. The monoisotopic (exact) mass is 270 g/mol. The third-order valence-corrected chi connectivity index (χ3v) is 3.46. The Morgan fingerprint density at radius 2 is 2.17 bits per heavy atom. The van der Waals surface area contributed by atoms with E-state index in [1.54, 1.807) is 13.1 Å². The number of hydrogen-bond acceptors (Lipinski definition) is 4. The normalized spacial score (nSPS) is 16.7. The van der Waals surface area contributed by atoms with E-state index in [9.17, 15) is 4.79 Å². The van der Waals surface area contributed by atoms with Crippen LogP contribution in [0.2, 0.25) is 5.15 Å². The summed E-state index contributed by atoms with van der Waals surface area (Å²) >= 11 is 5.82. The maximum atomic E-state index is 10.9. The first kappa shape index (κ1) is 12.9. The summed E-state index contributed by atoms with van der Waals surface area (Å²) in [6.07, 6.45) is 2.15. The molecule has 0 aliphatic carbocycles. The number of aromatic nitrogens is 2. The topological polar surface area (TPSA) is 69.6 Å². The van der Waals surface area contributed by atoms with Crippen molar-refractivity contribution in [1.29, 1.82) is 0 Å². The maximum Gasteiger partial charge on any atom is 0.407 e. The molecule has 0 atom stereocenters. The summed E-state index contributed by atoms with van der Waals surface area (Å²) in [6.45, 7) is 1.55. The quantitative estimate of drug-likeness (QED) is 0.829. The number of amides is 1. The molecule has 0 spiro atoms. The van der Waals surface area contributed by atoms with Crippen LogP contribution >= 0.6 is 11.6 Å². The van der Waals surface area contributed by atoms with Crippen molar-refractivity contribution in [2.45, 2.75) is 18.9 Å². The van der Waals surface area contributed by atoms with Crippen molar-refractivity contribution in [3.05, 3.63) is 17.5 Å². The van der Waals surface area contributed by atoms with Crippen molar-refractivity contribution in [2.24, 2.45) is 0 Å². The number of piperidine rings is 1. The zero-order valence-electron chi connectivity index (χ0n) is 10.1. The fourth-order valence-corrected chi connectivity index (χ4v) is 2.28. The summed E-state index contributed by atoms with van der Waals surface area (Å²) in [5.41, 5.74) is 0. The van der Waals surface area contributed by atoms with Crippen molar-refractivity contribution >= 4 is 23.5 Å². The van der Waals surface area contributed by atoms with Crippen LogP contribution in [0.5, 0.6) is 0 Å². The van der Waals surface area contributed by atoms with E-state index >= 15 is 0 Å². The molecular weight excluding hydrogens is 256 g/mol. The molecule has 0 saturated carbocycles. The second-order valence-corrected chi connectivity index (χ2v) is 4.70. The van der Waals surface area contributed by atoms with Crippen LogP contribution in [0.15, 0.2) is 12.4 Å². The molecule has 0 aromatic carbocycles. The van der Waals surface area contributed by atoms with Crippen LogP contribution in [0.4, 0.5) is 10.6 Å². The SMILES string of the molecule is CN(C(=O)O)C1CCN(c2cc(Cl)ncn2)CC1. The van der Waals surface area contributed by atoms with E-state index in [4.69, 9.17) is 16.7 Å². The number of halogens is 1. The molecule has 98 valence electrons. The van der Waals surface area contributed by atoms with Gasteiger partial charge in [-0.3, -0.25) is 0 Å². The van der Waals surface area contributed by atoms with Crippen molar-refractivity contribution in [3.63, 3.8) is 0 Å². The highest BCUT2D eigenvalue weighted by Crippen LogP contribution is 2.21. The number of rotatable bonds is 2. The number of carbonyl (C=O) groups is 1. The first-order chi connectivity index (χ1) is 8.58. The number of nitrogens with zero attached hydrogens (tertiary/aromatic N) is 4. The van der Waals surface area contributed by atoms with Gasteiger partial charge in [0.2, 0.25) is 0 Å². The van der Waals surface area contributed by atoms with Crippen LogP contribution in [-0.2, 0) is 0 Å². The molecule has 1 saturated heterocycles. The highest BCUT2D eigenvalue weighted by Gasteiger charge is 2.25. The predicted octanol–water partition coefficient (Wildman–Crippen LogP) is 1.71. The first-order valence-electron chi connectivity index (χ1n) is 5.76. The molecule has 0 bridgehead atoms. The van der Waals surface area contributed by atoms with Gasteiger partial charge >= 0.3 is 6.09 Å². The molecule has 1 aromatic rings. The van der Waals surface area contributed by atoms with Crippen LogP contribution in [-0.4, -0.2) is 52.2 Å². The fraction of sp³-hybridized carbons (Fsp3) is 0.545. The molecule has 6 nitrogen and oxygen atoms in total. The van der Waals surface area contributed by atoms with Gasteiger partial charge in [0.25, 0.3) is 0 Å². The van der Waals surface area contributed by atoms with Gasteiger partial charge < -0.3 is 14.9 Å². The van der Waals surface area contributed by atoms with Gasteiger partial charge in [0.1, 0.15) is 17.3 Å². The van der Waals surface area contributed by atoms with Crippen LogP contribution in [0.25, 0.3) is 0 Å². The van der Waals surface area contributed by atoms with E-state index in [1.807, 2.05) is 0 Å². The van der Waals surface area contributed by atoms with Crippen molar-refractivity contribution in [2.75, 3.05) is 25.0 Å².